The predicted molar refractivity (Wildman–Crippen MR) is 253 cm³/mol. The van der Waals surface area contributed by atoms with Gasteiger partial charge in [0.05, 0.1) is 47.4 Å². The lowest BCUT2D eigenvalue weighted by atomic mass is 10.0. The molecule has 0 atom stereocenters. The fourth-order valence-electron chi connectivity index (χ4n) is 6.41. The van der Waals surface area contributed by atoms with Gasteiger partial charge in [0.15, 0.2) is 0 Å². The molecule has 0 fully saturated rings. The van der Waals surface area contributed by atoms with Crippen LogP contribution >= 0.6 is 0 Å². The highest BCUT2D eigenvalue weighted by Crippen LogP contribution is 2.22. The summed E-state index contributed by atoms with van der Waals surface area (Å²) in [6.45, 7) is 12.8. The fraction of sp³-hybridized carbons (Fsp3) is 0.222. The Labute approximate surface area is 367 Å². The van der Waals surface area contributed by atoms with Gasteiger partial charge in [0, 0.05) is 37.2 Å². The summed E-state index contributed by atoms with van der Waals surface area (Å²) in [5.41, 5.74) is 17.3. The highest BCUT2D eigenvalue weighted by atomic mass is 16.3. The number of rotatable bonds is 10. The van der Waals surface area contributed by atoms with Crippen LogP contribution in [0.5, 0.6) is 0 Å². The van der Waals surface area contributed by atoms with Crippen LogP contribution in [0.15, 0.2) is 159 Å². The van der Waals surface area contributed by atoms with Crippen molar-refractivity contribution in [1.29, 1.82) is 0 Å². The monoisotopic (exact) mass is 822 g/mol. The van der Waals surface area contributed by atoms with Gasteiger partial charge in [0.25, 0.3) is 0 Å². The highest BCUT2D eigenvalue weighted by molar-refractivity contribution is 5.65. The third-order valence-electron chi connectivity index (χ3n) is 10.1. The molecule has 0 aliphatic rings. The maximum Gasteiger partial charge on any atom is 0.0889 e. The first-order chi connectivity index (χ1) is 30.2. The minimum absolute atomic E-state index is 0.0186. The molecule has 6 heterocycles. The summed E-state index contributed by atoms with van der Waals surface area (Å²) in [5, 5.41) is 18.0. The van der Waals surface area contributed by atoms with Gasteiger partial charge in [-0.25, -0.2) is 0 Å². The summed E-state index contributed by atoms with van der Waals surface area (Å²) >= 11 is 0. The smallest absolute Gasteiger partial charge is 0.0889 e. The highest BCUT2D eigenvalue weighted by Gasteiger charge is 2.05. The lowest BCUT2D eigenvalue weighted by molar-refractivity contribution is 0.281. The minimum Gasteiger partial charge on any atom is -0.392 e. The second kappa shape index (κ2) is 24.5. The average Bonchev–Trinajstić information content (AvgIpc) is 3.34. The first-order valence-electron chi connectivity index (χ1n) is 21.3. The van der Waals surface area contributed by atoms with E-state index in [1.807, 2.05) is 49.1 Å². The van der Waals surface area contributed by atoms with E-state index >= 15 is 0 Å². The Morgan fingerprint density at radius 3 is 0.790 bits per heavy atom. The molecule has 316 valence electrons. The Bertz CT molecular complexity index is 2210. The second-order valence-electron chi connectivity index (χ2n) is 14.8. The van der Waals surface area contributed by atoms with Crippen LogP contribution < -0.4 is 0 Å². The first kappa shape index (κ1) is 46.3. The van der Waals surface area contributed by atoms with E-state index in [2.05, 4.69) is 144 Å². The minimum atomic E-state index is -0.0186. The summed E-state index contributed by atoms with van der Waals surface area (Å²) in [6.07, 6.45) is 14.8. The molecule has 0 amide bonds. The van der Waals surface area contributed by atoms with E-state index in [1.54, 1.807) is 36.7 Å². The number of aliphatic hydroxyl groups excluding tert-OH is 2. The molecular formula is C54H58N6O2. The molecule has 0 unspecified atom stereocenters. The van der Waals surface area contributed by atoms with Gasteiger partial charge in [0.1, 0.15) is 0 Å². The quantitative estimate of drug-likeness (QED) is 0.140. The van der Waals surface area contributed by atoms with Gasteiger partial charge in [0.2, 0.25) is 0 Å². The van der Waals surface area contributed by atoms with Crippen molar-refractivity contribution in [3.63, 3.8) is 0 Å². The molecule has 0 radical (unpaired) electrons. The Morgan fingerprint density at radius 1 is 0.323 bits per heavy atom. The van der Waals surface area contributed by atoms with Gasteiger partial charge in [-0.05, 0) is 157 Å². The molecule has 0 aliphatic carbocycles. The van der Waals surface area contributed by atoms with E-state index in [9.17, 15) is 0 Å². The number of benzene rings is 2. The Morgan fingerprint density at radius 2 is 0.565 bits per heavy atom. The van der Waals surface area contributed by atoms with Crippen molar-refractivity contribution in [2.45, 2.75) is 80.4 Å². The Kier molecular flexibility index (Phi) is 18.3. The van der Waals surface area contributed by atoms with E-state index in [0.29, 0.717) is 11.4 Å². The zero-order chi connectivity index (χ0) is 44.1. The summed E-state index contributed by atoms with van der Waals surface area (Å²) in [4.78, 5) is 25.8. The molecule has 2 aromatic carbocycles. The molecule has 0 aliphatic heterocycles. The van der Waals surface area contributed by atoms with Crippen LogP contribution in [0.4, 0.5) is 0 Å². The zero-order valence-corrected chi connectivity index (χ0v) is 36.8. The van der Waals surface area contributed by atoms with E-state index < -0.39 is 0 Å². The molecule has 8 aromatic rings. The first-order valence-corrected chi connectivity index (χ1v) is 21.3. The average molecular weight is 823 g/mol. The van der Waals surface area contributed by atoms with Crippen molar-refractivity contribution in [2.24, 2.45) is 0 Å². The van der Waals surface area contributed by atoms with Gasteiger partial charge >= 0.3 is 0 Å². The van der Waals surface area contributed by atoms with Crippen molar-refractivity contribution in [3.8, 4) is 45.3 Å². The molecule has 0 bridgehead atoms. The lowest BCUT2D eigenvalue weighted by Crippen LogP contribution is -1.92. The zero-order valence-electron chi connectivity index (χ0n) is 36.8. The van der Waals surface area contributed by atoms with Gasteiger partial charge in [-0.2, -0.15) is 0 Å². The molecule has 0 saturated heterocycles. The van der Waals surface area contributed by atoms with Crippen LogP contribution in [0.3, 0.4) is 0 Å². The summed E-state index contributed by atoms with van der Waals surface area (Å²) < 4.78 is 0. The van der Waals surface area contributed by atoms with Crippen molar-refractivity contribution in [2.75, 3.05) is 0 Å². The van der Waals surface area contributed by atoms with E-state index in [1.165, 1.54) is 44.5 Å². The summed E-state index contributed by atoms with van der Waals surface area (Å²) in [7, 11) is 0. The van der Waals surface area contributed by atoms with Crippen LogP contribution in [-0.4, -0.2) is 40.1 Å². The maximum absolute atomic E-state index is 9.02. The van der Waals surface area contributed by atoms with Gasteiger partial charge in [-0.3, -0.25) is 29.9 Å². The normalized spacial score (nSPS) is 10.3. The van der Waals surface area contributed by atoms with Crippen molar-refractivity contribution in [3.05, 3.63) is 203 Å². The van der Waals surface area contributed by atoms with Crippen LogP contribution in [0, 0.1) is 13.8 Å². The van der Waals surface area contributed by atoms with Crippen LogP contribution in [0.1, 0.15) is 72.2 Å². The SMILES string of the molecule is CCc1ccnc(-c2cc(CC)ccn2)c1.CCc1ccnc(-c2cc(CC)ccn2)c1.Cc1cccc(-c2cccc(C)c2)c1.OCc1ccnc(-c2cc(CO)ccn2)c1. The van der Waals surface area contributed by atoms with Crippen LogP contribution in [-0.2, 0) is 38.9 Å². The lowest BCUT2D eigenvalue weighted by Gasteiger charge is -2.03. The summed E-state index contributed by atoms with van der Waals surface area (Å²) in [6, 6.07) is 40.9. The predicted octanol–water partition coefficient (Wildman–Crippen LogP) is 11.6. The molecule has 62 heavy (non-hydrogen) atoms. The maximum atomic E-state index is 9.02. The van der Waals surface area contributed by atoms with E-state index in [-0.39, 0.29) is 13.2 Å². The number of aliphatic hydroxyl groups is 2. The van der Waals surface area contributed by atoms with E-state index in [4.69, 9.17) is 10.2 Å². The third kappa shape index (κ3) is 14.2. The second-order valence-corrected chi connectivity index (χ2v) is 14.8. The summed E-state index contributed by atoms with van der Waals surface area (Å²) in [5.74, 6) is 0. The number of hydrogen-bond acceptors (Lipinski definition) is 8. The molecule has 8 heteroatoms. The number of nitrogens with zero attached hydrogens (tertiary/aromatic N) is 6. The number of aryl methyl sites for hydroxylation is 6. The largest absolute Gasteiger partial charge is 0.392 e. The van der Waals surface area contributed by atoms with Crippen LogP contribution in [0.25, 0.3) is 45.3 Å². The van der Waals surface area contributed by atoms with E-state index in [0.717, 1.165) is 59.6 Å². The van der Waals surface area contributed by atoms with Crippen molar-refractivity contribution in [1.82, 2.24) is 29.9 Å². The molecule has 8 nitrogen and oxygen atoms in total. The third-order valence-corrected chi connectivity index (χ3v) is 10.1. The number of pyridine rings is 6. The molecule has 0 saturated carbocycles. The number of hydrogen-bond donors (Lipinski definition) is 2. The topological polar surface area (TPSA) is 118 Å². The van der Waals surface area contributed by atoms with Crippen molar-refractivity contribution >= 4 is 0 Å². The Balaban J connectivity index is 0.000000156. The van der Waals surface area contributed by atoms with Gasteiger partial charge < -0.3 is 10.2 Å². The van der Waals surface area contributed by atoms with Crippen molar-refractivity contribution < 1.29 is 10.2 Å². The number of aromatic nitrogens is 6. The standard InChI is InChI=1S/2C14H16N2.C14H14.C12H12N2O2/c2*1-3-11-5-7-15-13(9-11)14-10-12(4-2)6-8-16-14;1-11-5-3-7-13(9-11)14-8-4-6-12(2)10-14;15-7-9-1-3-13-11(5-9)12-6-10(8-16)2-4-14-12/h2*5-10H,3-4H2,1-2H3;3-10H,1-2H3;1-6,15-16H,7-8H2. The molecule has 8 rings (SSSR count). The fourth-order valence-corrected chi connectivity index (χ4v) is 6.41. The molecule has 0 spiro atoms. The van der Waals surface area contributed by atoms with Crippen LogP contribution in [0.2, 0.25) is 0 Å². The van der Waals surface area contributed by atoms with Gasteiger partial charge in [-0.15, -0.1) is 0 Å². The van der Waals surface area contributed by atoms with Gasteiger partial charge in [-0.1, -0.05) is 87.4 Å². The molecular weight excluding hydrogens is 765 g/mol. The molecule has 2 N–H and O–H groups in total. The molecule has 6 aromatic heterocycles. The Hall–Kier alpha value is -6.74.